The Labute approximate surface area is 392 Å². The number of hydrogen-bond acceptors (Lipinski definition) is 1. The molecule has 0 heterocycles. The third-order valence-corrected chi connectivity index (χ3v) is 14.9. The molecule has 0 saturated heterocycles. The average molecular weight is 852 g/mol. The smallest absolute Gasteiger partial charge is 0.0520 e. The number of anilines is 3. The number of fused-ring (bicyclic) bond motifs is 6. The van der Waals surface area contributed by atoms with E-state index in [1.54, 1.807) is 0 Å². The number of aryl methyl sites for hydroxylation is 2. The van der Waals surface area contributed by atoms with Crippen LogP contribution in [0.3, 0.4) is 0 Å². The molecule has 1 atom stereocenters. The second kappa shape index (κ2) is 15.5. The summed E-state index contributed by atoms with van der Waals surface area (Å²) >= 11 is 0. The molecule has 11 rings (SSSR count). The predicted molar refractivity (Wildman–Crippen MR) is 281 cm³/mol. The van der Waals surface area contributed by atoms with Crippen molar-refractivity contribution in [3.05, 3.63) is 245 Å². The molecule has 1 unspecified atom stereocenters. The minimum absolute atomic E-state index is 0.124. The zero-order valence-corrected chi connectivity index (χ0v) is 39.5. The molecular weight excluding hydrogens is 795 g/mol. The molecule has 9 aromatic rings. The first-order valence-electron chi connectivity index (χ1n) is 23.6. The van der Waals surface area contributed by atoms with Crippen LogP contribution in [0, 0.1) is 13.8 Å². The van der Waals surface area contributed by atoms with Gasteiger partial charge in [0.05, 0.1) is 5.69 Å². The quantitative estimate of drug-likeness (QED) is 0.154. The molecule has 0 fully saturated rings. The standard InChI is InChI=1S/C65H57N/c1-42-36-48(45-22-14-10-15-23-45)37-43(2)62(42)66(51-32-34-54-53-26-18-19-27-57(53)64(6,7)58(54)40-51)52-33-35-55-56-38-49(47-30-28-46(29-31-47)44-20-12-9-13-21-44)39-60(63(3,4)5)61(56)65(8,59(55)41-52)50-24-16-11-17-25-50/h9-41H,1-8H3. The third-order valence-electron chi connectivity index (χ3n) is 14.9. The van der Waals surface area contributed by atoms with Crippen LogP contribution >= 0.6 is 0 Å². The number of benzene rings is 9. The molecule has 1 nitrogen and oxygen atoms in total. The summed E-state index contributed by atoms with van der Waals surface area (Å²) in [5.74, 6) is 0. The maximum absolute atomic E-state index is 2.55. The molecule has 0 spiro atoms. The Balaban J connectivity index is 1.13. The van der Waals surface area contributed by atoms with Gasteiger partial charge in [0.2, 0.25) is 0 Å². The van der Waals surface area contributed by atoms with Gasteiger partial charge in [-0.15, -0.1) is 0 Å². The van der Waals surface area contributed by atoms with Gasteiger partial charge >= 0.3 is 0 Å². The monoisotopic (exact) mass is 851 g/mol. The Morgan fingerprint density at radius 3 is 1.42 bits per heavy atom. The highest BCUT2D eigenvalue weighted by atomic mass is 15.1. The lowest BCUT2D eigenvalue weighted by molar-refractivity contribution is 0.567. The van der Waals surface area contributed by atoms with E-state index in [4.69, 9.17) is 0 Å². The first-order valence-corrected chi connectivity index (χ1v) is 23.6. The molecule has 0 bridgehead atoms. The number of hydrogen-bond donors (Lipinski definition) is 0. The summed E-state index contributed by atoms with van der Waals surface area (Å²) in [5, 5.41) is 0. The van der Waals surface area contributed by atoms with Gasteiger partial charge in [-0.2, -0.15) is 0 Å². The van der Waals surface area contributed by atoms with Gasteiger partial charge in [-0.1, -0.05) is 192 Å². The van der Waals surface area contributed by atoms with Crippen molar-refractivity contribution in [2.45, 2.75) is 71.6 Å². The van der Waals surface area contributed by atoms with Crippen molar-refractivity contribution in [3.63, 3.8) is 0 Å². The van der Waals surface area contributed by atoms with Crippen LogP contribution in [0.25, 0.3) is 55.6 Å². The predicted octanol–water partition coefficient (Wildman–Crippen LogP) is 17.7. The molecule has 0 saturated carbocycles. The van der Waals surface area contributed by atoms with Crippen molar-refractivity contribution in [2.24, 2.45) is 0 Å². The van der Waals surface area contributed by atoms with Gasteiger partial charge < -0.3 is 4.90 Å². The molecule has 0 aliphatic heterocycles. The molecular formula is C65H57N. The van der Waals surface area contributed by atoms with Gasteiger partial charge in [0.1, 0.15) is 0 Å². The van der Waals surface area contributed by atoms with E-state index < -0.39 is 5.41 Å². The Bertz CT molecular complexity index is 3290. The summed E-state index contributed by atoms with van der Waals surface area (Å²) < 4.78 is 0. The van der Waals surface area contributed by atoms with Crippen LogP contribution in [-0.4, -0.2) is 0 Å². The van der Waals surface area contributed by atoms with Gasteiger partial charge in [-0.3, -0.25) is 0 Å². The fourth-order valence-electron chi connectivity index (χ4n) is 11.5. The van der Waals surface area contributed by atoms with E-state index in [1.807, 2.05) is 0 Å². The zero-order chi connectivity index (χ0) is 45.5. The van der Waals surface area contributed by atoms with E-state index >= 15 is 0 Å². The van der Waals surface area contributed by atoms with Crippen molar-refractivity contribution in [1.29, 1.82) is 0 Å². The topological polar surface area (TPSA) is 3.24 Å². The molecule has 66 heavy (non-hydrogen) atoms. The Hall–Kier alpha value is -7.22. The molecule has 9 aromatic carbocycles. The normalized spacial score (nSPS) is 15.5. The van der Waals surface area contributed by atoms with Gasteiger partial charge in [-0.25, -0.2) is 0 Å². The Morgan fingerprint density at radius 1 is 0.379 bits per heavy atom. The zero-order valence-electron chi connectivity index (χ0n) is 39.5. The Kier molecular flexibility index (Phi) is 9.71. The first kappa shape index (κ1) is 41.5. The van der Waals surface area contributed by atoms with Gasteiger partial charge in [0.15, 0.2) is 0 Å². The highest BCUT2D eigenvalue weighted by Crippen LogP contribution is 2.58. The van der Waals surface area contributed by atoms with Crippen LogP contribution < -0.4 is 4.90 Å². The van der Waals surface area contributed by atoms with Crippen LogP contribution in [0.15, 0.2) is 200 Å². The summed E-state index contributed by atoms with van der Waals surface area (Å²) in [6.45, 7) is 19.0. The average Bonchev–Trinajstić information content (AvgIpc) is 3.73. The largest absolute Gasteiger partial charge is 0.310 e. The van der Waals surface area contributed by atoms with Crippen LogP contribution in [0.2, 0.25) is 0 Å². The molecule has 2 aliphatic carbocycles. The summed E-state index contributed by atoms with van der Waals surface area (Å²) in [4.78, 5) is 2.55. The molecule has 322 valence electrons. The van der Waals surface area contributed by atoms with Crippen molar-refractivity contribution < 1.29 is 0 Å². The number of rotatable bonds is 7. The van der Waals surface area contributed by atoms with Crippen LogP contribution in [0.5, 0.6) is 0 Å². The van der Waals surface area contributed by atoms with Gasteiger partial charge in [-0.05, 0) is 169 Å². The van der Waals surface area contributed by atoms with Crippen LogP contribution in [-0.2, 0) is 16.2 Å². The first-order chi connectivity index (χ1) is 31.8. The lowest BCUT2D eigenvalue weighted by Crippen LogP contribution is -2.27. The molecule has 0 N–H and O–H groups in total. The second-order valence-corrected chi connectivity index (χ2v) is 20.4. The highest BCUT2D eigenvalue weighted by Gasteiger charge is 2.45. The summed E-state index contributed by atoms with van der Waals surface area (Å²) in [6, 6.07) is 75.0. The minimum Gasteiger partial charge on any atom is -0.310 e. The minimum atomic E-state index is -0.422. The maximum Gasteiger partial charge on any atom is 0.0520 e. The fourth-order valence-corrected chi connectivity index (χ4v) is 11.5. The van der Waals surface area contributed by atoms with E-state index in [0.29, 0.717) is 0 Å². The molecule has 0 amide bonds. The van der Waals surface area contributed by atoms with Crippen LogP contribution in [0.1, 0.15) is 86.1 Å². The van der Waals surface area contributed by atoms with Crippen LogP contribution in [0.4, 0.5) is 17.1 Å². The second-order valence-electron chi connectivity index (χ2n) is 20.4. The maximum atomic E-state index is 2.55. The molecule has 2 aliphatic rings. The lowest BCUT2D eigenvalue weighted by atomic mass is 9.68. The van der Waals surface area contributed by atoms with E-state index in [0.717, 1.165) is 5.69 Å². The Morgan fingerprint density at radius 2 is 0.833 bits per heavy atom. The van der Waals surface area contributed by atoms with E-state index in [9.17, 15) is 0 Å². The SMILES string of the molecule is Cc1cc(-c2ccccc2)cc(C)c1N(c1ccc2c(c1)C(C)(C)c1ccccc1-2)c1ccc2c(c1)C(C)(c1ccccc1)c1c-2cc(-c2ccc(-c3ccccc3)cc2)cc1C(C)(C)C. The lowest BCUT2D eigenvalue weighted by Gasteiger charge is -2.35. The van der Waals surface area contributed by atoms with Gasteiger partial charge in [0.25, 0.3) is 0 Å². The van der Waals surface area contributed by atoms with Crippen molar-refractivity contribution in [1.82, 2.24) is 0 Å². The van der Waals surface area contributed by atoms with E-state index in [1.165, 1.54) is 112 Å². The van der Waals surface area contributed by atoms with E-state index in [2.05, 4.69) is 260 Å². The van der Waals surface area contributed by atoms with Crippen molar-refractivity contribution >= 4 is 17.1 Å². The number of nitrogens with zero attached hydrogens (tertiary/aromatic N) is 1. The van der Waals surface area contributed by atoms with Gasteiger partial charge in [0, 0.05) is 22.2 Å². The molecule has 0 aromatic heterocycles. The highest BCUT2D eigenvalue weighted by molar-refractivity contribution is 5.93. The summed E-state index contributed by atoms with van der Waals surface area (Å²) in [6.07, 6.45) is 0. The van der Waals surface area contributed by atoms with E-state index in [-0.39, 0.29) is 10.8 Å². The molecule has 0 radical (unpaired) electrons. The van der Waals surface area contributed by atoms with Crippen molar-refractivity contribution in [3.8, 4) is 55.6 Å². The third kappa shape index (κ3) is 6.59. The summed E-state index contributed by atoms with van der Waals surface area (Å²) in [7, 11) is 0. The molecule has 1 heteroatoms. The van der Waals surface area contributed by atoms with Crippen molar-refractivity contribution in [2.75, 3.05) is 4.90 Å². The summed E-state index contributed by atoms with van der Waals surface area (Å²) in [5.41, 5.74) is 26.2. The fraction of sp³-hybridized carbons (Fsp3) is 0.169.